The minimum absolute atomic E-state index is 0.527. The van der Waals surface area contributed by atoms with Gasteiger partial charge in [0.15, 0.2) is 6.29 Å². The maximum absolute atomic E-state index is 11.3. The summed E-state index contributed by atoms with van der Waals surface area (Å²) in [4.78, 5) is 13.5. The lowest BCUT2D eigenvalue weighted by Gasteiger charge is -2.24. The van der Waals surface area contributed by atoms with Gasteiger partial charge in [-0.05, 0) is 36.1 Å². The lowest BCUT2D eigenvalue weighted by Crippen LogP contribution is -2.27. The number of fused-ring (bicyclic) bond motifs is 1. The number of rotatable bonds is 2. The Morgan fingerprint density at radius 3 is 2.20 bits per heavy atom. The number of carbonyl (C=O) groups is 1. The summed E-state index contributed by atoms with van der Waals surface area (Å²) in [5, 5.41) is 0.527. The van der Waals surface area contributed by atoms with E-state index in [1.54, 1.807) is 6.07 Å². The molecule has 0 spiro atoms. The molecule has 102 valence electrons. The average Bonchev–Trinajstić information content (AvgIpc) is 2.69. The Morgan fingerprint density at radius 1 is 0.950 bits per heavy atom. The fourth-order valence-electron chi connectivity index (χ4n) is 2.83. The van der Waals surface area contributed by atoms with E-state index in [2.05, 4.69) is 29.2 Å². The molecule has 1 aliphatic rings. The largest absolute Gasteiger partial charge is 0.370 e. The first-order valence-electron chi connectivity index (χ1n) is 6.85. The molecule has 0 fully saturated rings. The average molecular weight is 286 g/mol. The Balaban J connectivity index is 1.91. The van der Waals surface area contributed by atoms with Crippen molar-refractivity contribution in [2.75, 3.05) is 18.0 Å². The van der Waals surface area contributed by atoms with Crippen LogP contribution in [0.3, 0.4) is 0 Å². The Bertz CT molecular complexity index is 612. The summed E-state index contributed by atoms with van der Waals surface area (Å²) >= 11 is 6.12. The summed E-state index contributed by atoms with van der Waals surface area (Å²) in [5.41, 5.74) is 4.36. The van der Waals surface area contributed by atoms with Crippen molar-refractivity contribution in [1.29, 1.82) is 0 Å². The summed E-state index contributed by atoms with van der Waals surface area (Å²) in [6.45, 7) is 1.83. The first-order chi connectivity index (χ1) is 9.79. The Hall–Kier alpha value is -1.80. The molecule has 2 aromatic rings. The van der Waals surface area contributed by atoms with E-state index in [1.165, 1.54) is 11.1 Å². The molecule has 0 saturated carbocycles. The molecule has 0 saturated heterocycles. The zero-order valence-electron chi connectivity index (χ0n) is 11.2. The molecule has 2 nitrogen and oxygen atoms in total. The normalized spacial score (nSPS) is 14.6. The van der Waals surface area contributed by atoms with Gasteiger partial charge in [-0.15, -0.1) is 0 Å². The highest BCUT2D eigenvalue weighted by molar-refractivity contribution is 6.33. The van der Waals surface area contributed by atoms with Crippen molar-refractivity contribution in [3.8, 4) is 0 Å². The molecule has 0 bridgehead atoms. The van der Waals surface area contributed by atoms with Gasteiger partial charge in [0.1, 0.15) is 0 Å². The van der Waals surface area contributed by atoms with E-state index in [0.717, 1.165) is 37.9 Å². The van der Waals surface area contributed by atoms with Crippen LogP contribution in [0.2, 0.25) is 5.02 Å². The molecule has 3 heteroatoms. The van der Waals surface area contributed by atoms with E-state index in [9.17, 15) is 4.79 Å². The van der Waals surface area contributed by atoms with Crippen LogP contribution >= 0.6 is 11.6 Å². The van der Waals surface area contributed by atoms with Crippen molar-refractivity contribution in [2.45, 2.75) is 12.8 Å². The third-order valence-corrected chi connectivity index (χ3v) is 4.24. The van der Waals surface area contributed by atoms with E-state index in [4.69, 9.17) is 11.6 Å². The standard InChI is InChI=1S/C17H16ClNO/c18-16-6-3-7-17(15(16)12-20)19-10-8-13-4-1-2-5-14(13)9-11-19/h1-7,12H,8-11H2. The van der Waals surface area contributed by atoms with Crippen molar-refractivity contribution in [3.05, 3.63) is 64.2 Å². The second-order valence-corrected chi connectivity index (χ2v) is 5.45. The van der Waals surface area contributed by atoms with Crippen LogP contribution in [0.25, 0.3) is 0 Å². The third kappa shape index (κ3) is 2.44. The van der Waals surface area contributed by atoms with E-state index >= 15 is 0 Å². The molecule has 0 aromatic heterocycles. The molecule has 0 aliphatic carbocycles. The van der Waals surface area contributed by atoms with Crippen molar-refractivity contribution in [1.82, 2.24) is 0 Å². The second kappa shape index (κ2) is 5.68. The number of benzene rings is 2. The summed E-state index contributed by atoms with van der Waals surface area (Å²) in [7, 11) is 0. The smallest absolute Gasteiger partial charge is 0.153 e. The first kappa shape index (κ1) is 13.2. The molecule has 0 amide bonds. The number of carbonyl (C=O) groups excluding carboxylic acids is 1. The van der Waals surface area contributed by atoms with Crippen LogP contribution in [-0.4, -0.2) is 19.4 Å². The molecule has 1 heterocycles. The number of nitrogens with zero attached hydrogens (tertiary/aromatic N) is 1. The minimum Gasteiger partial charge on any atom is -0.370 e. The van der Waals surface area contributed by atoms with Gasteiger partial charge in [0.05, 0.1) is 10.6 Å². The molecule has 0 N–H and O–H groups in total. The summed E-state index contributed by atoms with van der Waals surface area (Å²) < 4.78 is 0. The van der Waals surface area contributed by atoms with Gasteiger partial charge in [0.25, 0.3) is 0 Å². The lowest BCUT2D eigenvalue weighted by molar-refractivity contribution is 0.112. The molecular formula is C17H16ClNO. The van der Waals surface area contributed by atoms with Gasteiger partial charge < -0.3 is 4.90 Å². The van der Waals surface area contributed by atoms with Crippen LogP contribution in [0, 0.1) is 0 Å². The van der Waals surface area contributed by atoms with Crippen LogP contribution in [0.15, 0.2) is 42.5 Å². The Labute approximate surface area is 124 Å². The first-order valence-corrected chi connectivity index (χ1v) is 7.23. The predicted octanol–water partition coefficient (Wildman–Crippen LogP) is 3.76. The fraction of sp³-hybridized carbons (Fsp3) is 0.235. The maximum atomic E-state index is 11.3. The van der Waals surface area contributed by atoms with Gasteiger partial charge in [-0.2, -0.15) is 0 Å². The summed E-state index contributed by atoms with van der Waals surface area (Å²) in [5.74, 6) is 0. The molecule has 20 heavy (non-hydrogen) atoms. The van der Waals surface area contributed by atoms with Crippen LogP contribution < -0.4 is 4.90 Å². The second-order valence-electron chi connectivity index (χ2n) is 5.05. The zero-order chi connectivity index (χ0) is 13.9. The quantitative estimate of drug-likeness (QED) is 0.783. The van der Waals surface area contributed by atoms with Crippen LogP contribution in [0.5, 0.6) is 0 Å². The maximum Gasteiger partial charge on any atom is 0.153 e. The van der Waals surface area contributed by atoms with E-state index in [0.29, 0.717) is 10.6 Å². The fourth-order valence-corrected chi connectivity index (χ4v) is 3.04. The Kier molecular flexibility index (Phi) is 3.75. The van der Waals surface area contributed by atoms with Gasteiger partial charge in [0, 0.05) is 18.8 Å². The zero-order valence-corrected chi connectivity index (χ0v) is 11.9. The lowest BCUT2D eigenvalue weighted by atomic mass is 10.0. The monoisotopic (exact) mass is 285 g/mol. The summed E-state index contributed by atoms with van der Waals surface area (Å²) in [6, 6.07) is 14.2. The van der Waals surface area contributed by atoms with Crippen LogP contribution in [-0.2, 0) is 12.8 Å². The van der Waals surface area contributed by atoms with Gasteiger partial charge in [-0.1, -0.05) is 41.9 Å². The van der Waals surface area contributed by atoms with E-state index < -0.39 is 0 Å². The van der Waals surface area contributed by atoms with Crippen molar-refractivity contribution < 1.29 is 4.79 Å². The van der Waals surface area contributed by atoms with E-state index in [-0.39, 0.29) is 0 Å². The number of halogens is 1. The summed E-state index contributed by atoms with van der Waals surface area (Å²) in [6.07, 6.45) is 2.86. The molecule has 3 rings (SSSR count). The van der Waals surface area contributed by atoms with Gasteiger partial charge in [0.2, 0.25) is 0 Å². The van der Waals surface area contributed by atoms with Crippen molar-refractivity contribution >= 4 is 23.6 Å². The van der Waals surface area contributed by atoms with E-state index in [1.807, 2.05) is 12.1 Å². The van der Waals surface area contributed by atoms with Gasteiger partial charge in [-0.25, -0.2) is 0 Å². The van der Waals surface area contributed by atoms with Gasteiger partial charge in [-0.3, -0.25) is 4.79 Å². The third-order valence-electron chi connectivity index (χ3n) is 3.91. The van der Waals surface area contributed by atoms with Crippen molar-refractivity contribution in [2.24, 2.45) is 0 Å². The predicted molar refractivity (Wildman–Crippen MR) is 82.9 cm³/mol. The highest BCUT2D eigenvalue weighted by Gasteiger charge is 2.17. The molecule has 0 radical (unpaired) electrons. The number of anilines is 1. The molecule has 0 unspecified atom stereocenters. The highest BCUT2D eigenvalue weighted by Crippen LogP contribution is 2.28. The van der Waals surface area contributed by atoms with Crippen molar-refractivity contribution in [3.63, 3.8) is 0 Å². The van der Waals surface area contributed by atoms with Gasteiger partial charge >= 0.3 is 0 Å². The SMILES string of the molecule is O=Cc1c(Cl)cccc1N1CCc2ccccc2CC1. The van der Waals surface area contributed by atoms with Crippen LogP contribution in [0.4, 0.5) is 5.69 Å². The number of hydrogen-bond acceptors (Lipinski definition) is 2. The van der Waals surface area contributed by atoms with Crippen LogP contribution in [0.1, 0.15) is 21.5 Å². The topological polar surface area (TPSA) is 20.3 Å². The molecule has 2 aromatic carbocycles. The highest BCUT2D eigenvalue weighted by atomic mass is 35.5. The minimum atomic E-state index is 0.527. The number of hydrogen-bond donors (Lipinski definition) is 0. The molecule has 0 atom stereocenters. The Morgan fingerprint density at radius 2 is 1.60 bits per heavy atom. The molecule has 1 aliphatic heterocycles. The molecular weight excluding hydrogens is 270 g/mol. The number of aldehydes is 1.